The summed E-state index contributed by atoms with van der Waals surface area (Å²) in [6.45, 7) is 2.00. The lowest BCUT2D eigenvalue weighted by atomic mass is 9.95. The lowest BCUT2D eigenvalue weighted by molar-refractivity contribution is -0.126. The Morgan fingerprint density at radius 1 is 0.893 bits per heavy atom. The summed E-state index contributed by atoms with van der Waals surface area (Å²) < 4.78 is 0. The summed E-state index contributed by atoms with van der Waals surface area (Å²) in [5, 5.41) is 3.74. The zero-order chi connectivity index (χ0) is 19.3. The molecule has 0 N–H and O–H groups in total. The minimum atomic E-state index is -0.820. The zero-order valence-electron chi connectivity index (χ0n) is 15.2. The number of para-hydroxylation sites is 2. The first-order chi connectivity index (χ1) is 13.7. The van der Waals surface area contributed by atoms with Crippen molar-refractivity contribution < 1.29 is 14.4 Å². The number of imide groups is 1. The number of fused-ring (bicyclic) bond motifs is 1. The van der Waals surface area contributed by atoms with Crippen molar-refractivity contribution in [2.24, 2.45) is 5.92 Å². The van der Waals surface area contributed by atoms with Crippen molar-refractivity contribution in [3.05, 3.63) is 82.6 Å². The van der Waals surface area contributed by atoms with Gasteiger partial charge >= 0.3 is 0 Å². The van der Waals surface area contributed by atoms with Crippen LogP contribution in [0.4, 0.5) is 11.4 Å². The molecule has 3 aromatic rings. The molecule has 2 amide bonds. The van der Waals surface area contributed by atoms with Crippen molar-refractivity contribution in [1.82, 2.24) is 0 Å². The smallest absolute Gasteiger partial charge is 0.266 e. The number of hydrogen-bond acceptors (Lipinski definition) is 5. The van der Waals surface area contributed by atoms with Crippen LogP contribution in [0.2, 0.25) is 0 Å². The van der Waals surface area contributed by atoms with Crippen molar-refractivity contribution in [2.45, 2.75) is 19.1 Å². The topological polar surface area (TPSA) is 49.9 Å². The van der Waals surface area contributed by atoms with Crippen LogP contribution >= 0.6 is 11.3 Å². The van der Waals surface area contributed by atoms with E-state index in [1.165, 1.54) is 4.90 Å². The van der Waals surface area contributed by atoms with Crippen LogP contribution < -0.4 is 9.96 Å². The standard InChI is InChI=1S/C22H18N2O3S/c1-14-8-5-6-11-16(14)24-19(17-12-7-13-28-17)18-20(27-24)22(26)23(21(18)25)15-9-3-2-4-10-15/h2-13,18-20H,1H3/t18-,19+,20+/m1/s1. The molecule has 0 aliphatic carbocycles. The highest BCUT2D eigenvalue weighted by Crippen LogP contribution is 2.49. The van der Waals surface area contributed by atoms with Gasteiger partial charge in [-0.25, -0.2) is 9.96 Å². The van der Waals surface area contributed by atoms with E-state index in [2.05, 4.69) is 0 Å². The van der Waals surface area contributed by atoms with E-state index >= 15 is 0 Å². The molecule has 2 aromatic carbocycles. The summed E-state index contributed by atoms with van der Waals surface area (Å²) in [7, 11) is 0. The van der Waals surface area contributed by atoms with E-state index in [0.29, 0.717) is 5.69 Å². The van der Waals surface area contributed by atoms with Crippen molar-refractivity contribution in [3.63, 3.8) is 0 Å². The number of carbonyl (C=O) groups is 2. The summed E-state index contributed by atoms with van der Waals surface area (Å²) >= 11 is 1.57. The molecular weight excluding hydrogens is 372 g/mol. The number of rotatable bonds is 3. The normalized spacial score (nSPS) is 24.1. The van der Waals surface area contributed by atoms with Crippen LogP contribution in [0.5, 0.6) is 0 Å². The Labute approximate surface area is 166 Å². The summed E-state index contributed by atoms with van der Waals surface area (Å²) in [5.74, 6) is -1.10. The highest BCUT2D eigenvalue weighted by molar-refractivity contribution is 7.10. The van der Waals surface area contributed by atoms with Gasteiger partial charge in [0.2, 0.25) is 5.91 Å². The molecule has 0 spiro atoms. The van der Waals surface area contributed by atoms with Gasteiger partial charge in [-0.2, -0.15) is 0 Å². The fourth-order valence-electron chi connectivity index (χ4n) is 4.01. The average Bonchev–Trinajstić information content (AvgIpc) is 3.41. The van der Waals surface area contributed by atoms with Gasteiger partial charge in [-0.1, -0.05) is 42.5 Å². The third-order valence-electron chi connectivity index (χ3n) is 5.32. The van der Waals surface area contributed by atoms with Crippen LogP contribution in [0.1, 0.15) is 16.5 Å². The summed E-state index contributed by atoms with van der Waals surface area (Å²) in [4.78, 5) is 34.9. The molecule has 0 unspecified atom stereocenters. The highest BCUT2D eigenvalue weighted by Gasteiger charge is 2.60. The maximum absolute atomic E-state index is 13.4. The fourth-order valence-corrected chi connectivity index (χ4v) is 4.87. The van der Waals surface area contributed by atoms with E-state index in [-0.39, 0.29) is 17.9 Å². The molecule has 0 saturated carbocycles. The first-order valence-electron chi connectivity index (χ1n) is 9.15. The van der Waals surface area contributed by atoms with Crippen LogP contribution in [0.15, 0.2) is 72.1 Å². The molecule has 5 rings (SSSR count). The van der Waals surface area contributed by atoms with Gasteiger partial charge < -0.3 is 0 Å². The molecule has 1 aromatic heterocycles. The average molecular weight is 390 g/mol. The molecule has 3 heterocycles. The van der Waals surface area contributed by atoms with Crippen molar-refractivity contribution in [1.29, 1.82) is 0 Å². The number of carbonyl (C=O) groups excluding carboxylic acids is 2. The molecule has 140 valence electrons. The Morgan fingerprint density at radius 3 is 2.36 bits per heavy atom. The largest absolute Gasteiger partial charge is 0.273 e. The number of benzene rings is 2. The molecule has 0 radical (unpaired) electrons. The van der Waals surface area contributed by atoms with Gasteiger partial charge in [0.25, 0.3) is 5.91 Å². The summed E-state index contributed by atoms with van der Waals surface area (Å²) in [6, 6.07) is 20.5. The second-order valence-electron chi connectivity index (χ2n) is 6.97. The van der Waals surface area contributed by atoms with E-state index in [1.807, 2.05) is 66.9 Å². The number of nitrogens with zero attached hydrogens (tertiary/aromatic N) is 2. The summed E-state index contributed by atoms with van der Waals surface area (Å²) in [6.07, 6.45) is -0.820. The second-order valence-corrected chi connectivity index (χ2v) is 7.95. The van der Waals surface area contributed by atoms with Gasteiger partial charge in [0.1, 0.15) is 12.0 Å². The highest BCUT2D eigenvalue weighted by atomic mass is 32.1. The molecule has 28 heavy (non-hydrogen) atoms. The molecule has 5 nitrogen and oxygen atoms in total. The van der Waals surface area contributed by atoms with E-state index in [9.17, 15) is 9.59 Å². The van der Waals surface area contributed by atoms with E-state index < -0.39 is 12.0 Å². The van der Waals surface area contributed by atoms with Gasteiger partial charge in [-0.15, -0.1) is 11.3 Å². The Bertz CT molecular complexity index is 1030. The van der Waals surface area contributed by atoms with Crippen LogP contribution in [0.25, 0.3) is 0 Å². The number of hydrogen-bond donors (Lipinski definition) is 0. The summed E-state index contributed by atoms with van der Waals surface area (Å²) in [5.41, 5.74) is 2.49. The van der Waals surface area contributed by atoms with Crippen molar-refractivity contribution in [2.75, 3.05) is 9.96 Å². The molecule has 0 bridgehead atoms. The van der Waals surface area contributed by atoms with Crippen LogP contribution in [-0.4, -0.2) is 17.9 Å². The van der Waals surface area contributed by atoms with Gasteiger partial charge in [-0.05, 0) is 42.1 Å². The quantitative estimate of drug-likeness (QED) is 0.632. The SMILES string of the molecule is Cc1ccccc1N1O[C@@H]2C(=O)N(c3ccccc3)C(=O)[C@@H]2[C@@H]1c1cccs1. The lowest BCUT2D eigenvalue weighted by Gasteiger charge is -2.28. The van der Waals surface area contributed by atoms with Crippen molar-refractivity contribution in [3.8, 4) is 0 Å². The van der Waals surface area contributed by atoms with Gasteiger partial charge in [0.05, 0.1) is 11.4 Å². The third-order valence-corrected chi connectivity index (χ3v) is 6.26. The van der Waals surface area contributed by atoms with Crippen LogP contribution in [0.3, 0.4) is 0 Å². The monoisotopic (exact) mass is 390 g/mol. The Hall–Kier alpha value is -2.96. The fraction of sp³-hybridized carbons (Fsp3) is 0.182. The van der Waals surface area contributed by atoms with Gasteiger partial charge in [0.15, 0.2) is 6.10 Å². The number of thiophene rings is 1. The number of anilines is 2. The molecule has 6 heteroatoms. The van der Waals surface area contributed by atoms with Crippen LogP contribution in [-0.2, 0) is 14.4 Å². The first-order valence-corrected chi connectivity index (χ1v) is 10.0. The second kappa shape index (κ2) is 6.58. The molecule has 2 aliphatic heterocycles. The Kier molecular flexibility index (Phi) is 4.03. The lowest BCUT2D eigenvalue weighted by Crippen LogP contribution is -2.37. The maximum atomic E-state index is 13.4. The molecule has 3 atom stereocenters. The predicted molar refractivity (Wildman–Crippen MR) is 108 cm³/mol. The third kappa shape index (κ3) is 2.49. The van der Waals surface area contributed by atoms with Crippen molar-refractivity contribution >= 4 is 34.5 Å². The predicted octanol–water partition coefficient (Wildman–Crippen LogP) is 4.11. The molecular formula is C22H18N2O3S. The van der Waals surface area contributed by atoms with Gasteiger partial charge in [-0.3, -0.25) is 14.4 Å². The number of amides is 2. The first kappa shape index (κ1) is 17.2. The molecule has 2 aliphatic rings. The maximum Gasteiger partial charge on any atom is 0.266 e. The minimum absolute atomic E-state index is 0.212. The zero-order valence-corrected chi connectivity index (χ0v) is 16.0. The van der Waals surface area contributed by atoms with E-state index in [1.54, 1.807) is 28.5 Å². The number of aryl methyl sites for hydroxylation is 1. The van der Waals surface area contributed by atoms with Crippen LogP contribution in [0, 0.1) is 12.8 Å². The minimum Gasteiger partial charge on any atom is -0.273 e. The number of hydroxylamine groups is 1. The Morgan fingerprint density at radius 2 is 1.64 bits per heavy atom. The molecule has 2 saturated heterocycles. The Balaban J connectivity index is 1.59. The molecule has 2 fully saturated rings. The van der Waals surface area contributed by atoms with Gasteiger partial charge in [0, 0.05) is 4.88 Å². The van der Waals surface area contributed by atoms with E-state index in [4.69, 9.17) is 4.84 Å². The van der Waals surface area contributed by atoms with E-state index in [0.717, 1.165) is 16.1 Å².